The molecule has 2 bridgehead atoms. The Labute approximate surface area is 129 Å². The van der Waals surface area contributed by atoms with Gasteiger partial charge >= 0.3 is 12.5 Å². The van der Waals surface area contributed by atoms with Gasteiger partial charge in [0.2, 0.25) is 0 Å². The van der Waals surface area contributed by atoms with E-state index in [1.807, 2.05) is 10.8 Å². The maximum Gasteiger partial charge on any atom is 0.522 e. The van der Waals surface area contributed by atoms with Crippen LogP contribution in [0.3, 0.4) is 0 Å². The number of amides is 1. The fourth-order valence-electron chi connectivity index (χ4n) is 4.30. The predicted octanol–water partition coefficient (Wildman–Crippen LogP) is 2.56. The van der Waals surface area contributed by atoms with Crippen molar-refractivity contribution in [3.63, 3.8) is 0 Å². The fourth-order valence-corrected chi connectivity index (χ4v) is 4.30. The molecule has 0 unspecified atom stereocenters. The maximum absolute atomic E-state index is 12.1. The second kappa shape index (κ2) is 4.40. The summed E-state index contributed by atoms with van der Waals surface area (Å²) in [4.78, 5) is 15.1. The van der Waals surface area contributed by atoms with Crippen molar-refractivity contribution in [2.45, 2.75) is 61.6 Å². The second-order valence-electron chi connectivity index (χ2n) is 7.04. The molecule has 0 saturated heterocycles. The lowest BCUT2D eigenvalue weighted by Crippen LogP contribution is -2.76. The molecule has 2 N–H and O–H groups in total. The monoisotopic (exact) mass is 331 g/mol. The van der Waals surface area contributed by atoms with Gasteiger partial charge in [-0.05, 0) is 32.1 Å². The number of carbonyl (C=O) groups is 1. The molecule has 0 aromatic carbocycles. The molecule has 0 atom stereocenters. The van der Waals surface area contributed by atoms with Crippen molar-refractivity contribution < 1.29 is 27.8 Å². The lowest BCUT2D eigenvalue weighted by atomic mass is 9.38. The van der Waals surface area contributed by atoms with Crippen LogP contribution in [0.4, 0.5) is 18.0 Å². The summed E-state index contributed by atoms with van der Waals surface area (Å²) in [5.74, 6) is 0. The SMILES string of the molecule is O=C(O)NC12CC(c3cn(C4CC(OC(F)(F)F)C4)cn3)(C1)C2. The van der Waals surface area contributed by atoms with Gasteiger partial charge in [0.15, 0.2) is 0 Å². The molecule has 0 radical (unpaired) electrons. The number of carboxylic acid groups (broad SMARTS) is 1. The maximum atomic E-state index is 12.1. The molecule has 126 valence electrons. The van der Waals surface area contributed by atoms with Gasteiger partial charge in [-0.3, -0.25) is 4.74 Å². The van der Waals surface area contributed by atoms with E-state index in [2.05, 4.69) is 15.0 Å². The van der Waals surface area contributed by atoms with E-state index < -0.39 is 18.6 Å². The molecule has 0 spiro atoms. The van der Waals surface area contributed by atoms with Crippen LogP contribution >= 0.6 is 0 Å². The van der Waals surface area contributed by atoms with E-state index in [0.717, 1.165) is 25.0 Å². The first-order valence-electron chi connectivity index (χ1n) is 7.48. The third-order valence-electron chi connectivity index (χ3n) is 5.34. The normalized spacial score (nSPS) is 38.2. The van der Waals surface area contributed by atoms with E-state index in [4.69, 9.17) is 5.11 Å². The summed E-state index contributed by atoms with van der Waals surface area (Å²) in [7, 11) is 0. The average Bonchev–Trinajstić information content (AvgIpc) is 2.73. The summed E-state index contributed by atoms with van der Waals surface area (Å²) in [6.45, 7) is 0. The van der Waals surface area contributed by atoms with E-state index in [-0.39, 0.29) is 17.0 Å². The fraction of sp³-hybridized carbons (Fsp3) is 0.714. The number of halogens is 3. The van der Waals surface area contributed by atoms with Gasteiger partial charge in [0.05, 0.1) is 18.1 Å². The Hall–Kier alpha value is -1.77. The van der Waals surface area contributed by atoms with Crippen LogP contribution in [0.2, 0.25) is 0 Å². The summed E-state index contributed by atoms with van der Waals surface area (Å²) in [6, 6.07) is -0.0120. The second-order valence-corrected chi connectivity index (χ2v) is 7.04. The molecule has 6 nitrogen and oxygen atoms in total. The highest BCUT2D eigenvalue weighted by atomic mass is 19.4. The Bertz CT molecular complexity index is 631. The van der Waals surface area contributed by atoms with Crippen LogP contribution in [-0.4, -0.2) is 38.8 Å². The largest absolute Gasteiger partial charge is 0.522 e. The number of nitrogens with one attached hydrogen (secondary N) is 1. The molecule has 1 amide bonds. The van der Waals surface area contributed by atoms with Gasteiger partial charge in [0, 0.05) is 23.2 Å². The molecule has 1 aromatic heterocycles. The van der Waals surface area contributed by atoms with E-state index >= 15 is 0 Å². The minimum atomic E-state index is -4.58. The number of aromatic nitrogens is 2. The Morgan fingerprint density at radius 2 is 2.04 bits per heavy atom. The molecular weight excluding hydrogens is 315 g/mol. The van der Waals surface area contributed by atoms with Crippen molar-refractivity contribution in [3.8, 4) is 0 Å². The first-order chi connectivity index (χ1) is 10.7. The molecular formula is C14H16F3N3O3. The highest BCUT2D eigenvalue weighted by Crippen LogP contribution is 2.67. The zero-order chi connectivity index (χ0) is 16.5. The predicted molar refractivity (Wildman–Crippen MR) is 70.8 cm³/mol. The topological polar surface area (TPSA) is 76.4 Å². The zero-order valence-corrected chi connectivity index (χ0v) is 12.1. The van der Waals surface area contributed by atoms with Crippen LogP contribution in [0.1, 0.15) is 43.8 Å². The number of imidazole rings is 1. The van der Waals surface area contributed by atoms with Gasteiger partial charge in [-0.25, -0.2) is 9.78 Å². The standard InChI is InChI=1S/C14H16F3N3O3/c15-14(16,17)23-9-1-8(2-9)20-3-10(18-7-20)12-4-13(5-12,6-12)19-11(21)22/h3,7-9,19H,1-2,4-6H2,(H,21,22). The number of hydrogen-bond acceptors (Lipinski definition) is 3. The van der Waals surface area contributed by atoms with Gasteiger partial charge in [0.25, 0.3) is 0 Å². The number of hydrogen-bond donors (Lipinski definition) is 2. The van der Waals surface area contributed by atoms with Crippen LogP contribution < -0.4 is 5.32 Å². The molecule has 23 heavy (non-hydrogen) atoms. The highest BCUT2D eigenvalue weighted by Gasteiger charge is 2.70. The third-order valence-corrected chi connectivity index (χ3v) is 5.34. The van der Waals surface area contributed by atoms with E-state index in [0.29, 0.717) is 12.8 Å². The molecule has 4 aliphatic carbocycles. The Morgan fingerprint density at radius 3 is 2.61 bits per heavy atom. The molecule has 4 saturated carbocycles. The summed E-state index contributed by atoms with van der Waals surface area (Å²) in [5, 5.41) is 11.3. The minimum absolute atomic E-state index is 0.0120. The summed E-state index contributed by atoms with van der Waals surface area (Å²) in [5.41, 5.74) is 0.559. The van der Waals surface area contributed by atoms with Crippen LogP contribution in [-0.2, 0) is 10.2 Å². The molecule has 9 heteroatoms. The summed E-state index contributed by atoms with van der Waals surface area (Å²) < 4.78 is 42.2. The van der Waals surface area contributed by atoms with E-state index in [1.165, 1.54) is 0 Å². The van der Waals surface area contributed by atoms with Gasteiger partial charge in [-0.15, -0.1) is 13.2 Å². The quantitative estimate of drug-likeness (QED) is 0.889. The number of alkyl halides is 3. The molecule has 4 fully saturated rings. The number of rotatable bonds is 4. The van der Waals surface area contributed by atoms with Crippen molar-refractivity contribution in [1.82, 2.24) is 14.9 Å². The first kappa shape index (κ1) is 14.8. The van der Waals surface area contributed by atoms with Gasteiger partial charge in [-0.1, -0.05) is 0 Å². The zero-order valence-electron chi connectivity index (χ0n) is 12.1. The average molecular weight is 331 g/mol. The van der Waals surface area contributed by atoms with Crippen molar-refractivity contribution in [3.05, 3.63) is 18.2 Å². The van der Waals surface area contributed by atoms with Crippen molar-refractivity contribution in [1.29, 1.82) is 0 Å². The minimum Gasteiger partial charge on any atom is -0.465 e. The van der Waals surface area contributed by atoms with Crippen LogP contribution in [0.15, 0.2) is 12.5 Å². The van der Waals surface area contributed by atoms with Crippen LogP contribution in [0, 0.1) is 0 Å². The van der Waals surface area contributed by atoms with E-state index in [1.54, 1.807) is 6.33 Å². The Morgan fingerprint density at radius 1 is 1.39 bits per heavy atom. The Kier molecular flexibility index (Phi) is 2.83. The lowest BCUT2D eigenvalue weighted by Gasteiger charge is -2.69. The first-order valence-corrected chi connectivity index (χ1v) is 7.48. The highest BCUT2D eigenvalue weighted by molar-refractivity contribution is 5.67. The molecule has 1 aromatic rings. The Balaban J connectivity index is 1.33. The van der Waals surface area contributed by atoms with Crippen molar-refractivity contribution >= 4 is 6.09 Å². The smallest absolute Gasteiger partial charge is 0.465 e. The lowest BCUT2D eigenvalue weighted by molar-refractivity contribution is -0.353. The van der Waals surface area contributed by atoms with Gasteiger partial charge < -0.3 is 15.0 Å². The van der Waals surface area contributed by atoms with Gasteiger partial charge in [-0.2, -0.15) is 0 Å². The van der Waals surface area contributed by atoms with Crippen molar-refractivity contribution in [2.75, 3.05) is 0 Å². The van der Waals surface area contributed by atoms with E-state index in [9.17, 15) is 18.0 Å². The molecule has 1 heterocycles. The molecule has 5 rings (SSSR count). The summed E-state index contributed by atoms with van der Waals surface area (Å²) in [6.07, 6.45) is 0.0693. The van der Waals surface area contributed by atoms with Gasteiger partial charge in [0.1, 0.15) is 0 Å². The number of ether oxygens (including phenoxy) is 1. The van der Waals surface area contributed by atoms with Crippen molar-refractivity contribution in [2.24, 2.45) is 0 Å². The number of nitrogens with zero attached hydrogens (tertiary/aromatic N) is 2. The molecule has 0 aliphatic heterocycles. The summed E-state index contributed by atoms with van der Waals surface area (Å²) >= 11 is 0. The van der Waals surface area contributed by atoms with Crippen LogP contribution in [0.5, 0.6) is 0 Å². The third kappa shape index (κ3) is 2.37. The van der Waals surface area contributed by atoms with Crippen LogP contribution in [0.25, 0.3) is 0 Å². The molecule has 4 aliphatic rings.